The average Bonchev–Trinajstić information content (AvgIpc) is 2.86. The van der Waals surface area contributed by atoms with Gasteiger partial charge in [-0.3, -0.25) is 4.79 Å². The third-order valence-electron chi connectivity index (χ3n) is 6.26. The summed E-state index contributed by atoms with van der Waals surface area (Å²) in [5, 5.41) is 9.14. The van der Waals surface area contributed by atoms with Gasteiger partial charge in [-0.2, -0.15) is 0 Å². The van der Waals surface area contributed by atoms with Crippen LogP contribution in [0.2, 0.25) is 0 Å². The Hall–Kier alpha value is -3.67. The van der Waals surface area contributed by atoms with Crippen LogP contribution in [-0.4, -0.2) is 28.0 Å². The molecule has 1 saturated carbocycles. The molecule has 1 aliphatic rings. The van der Waals surface area contributed by atoms with E-state index < -0.39 is 5.97 Å². The van der Waals surface area contributed by atoms with E-state index in [2.05, 4.69) is 0 Å². The van der Waals surface area contributed by atoms with Crippen LogP contribution in [0.5, 0.6) is 5.75 Å². The smallest absolute Gasteiger partial charge is 0.335 e. The van der Waals surface area contributed by atoms with Gasteiger partial charge in [0, 0.05) is 19.0 Å². The largest absolute Gasteiger partial charge is 0.487 e. The summed E-state index contributed by atoms with van der Waals surface area (Å²) in [5.74, 6) is -1.13. The molecule has 1 N–H and O–H groups in total. The molecule has 0 atom stereocenters. The Morgan fingerprint density at radius 2 is 1.41 bits per heavy atom. The Bertz CT molecular complexity index is 1110. The molecule has 0 spiro atoms. The summed E-state index contributed by atoms with van der Waals surface area (Å²) in [5.41, 5.74) is 2.14. The Morgan fingerprint density at radius 1 is 0.824 bits per heavy atom. The van der Waals surface area contributed by atoms with Gasteiger partial charge in [-0.1, -0.05) is 54.6 Å². The predicted molar refractivity (Wildman–Crippen MR) is 127 cm³/mol. The first-order valence-corrected chi connectivity index (χ1v) is 11.6. The zero-order chi connectivity index (χ0) is 23.9. The summed E-state index contributed by atoms with van der Waals surface area (Å²) < 4.78 is 19.8. The molecule has 0 aromatic heterocycles. The lowest BCUT2D eigenvalue weighted by Gasteiger charge is -2.32. The van der Waals surface area contributed by atoms with Gasteiger partial charge in [0.15, 0.2) is 11.6 Å². The average molecular weight is 462 g/mol. The Labute approximate surface area is 198 Å². The van der Waals surface area contributed by atoms with Crippen molar-refractivity contribution in [3.8, 4) is 5.75 Å². The number of carbonyl (C=O) groups excluding carboxylic acids is 1. The second-order valence-corrected chi connectivity index (χ2v) is 8.70. The summed E-state index contributed by atoms with van der Waals surface area (Å²) in [6.07, 6.45) is 2.64. The lowest BCUT2D eigenvalue weighted by Crippen LogP contribution is -2.38. The van der Waals surface area contributed by atoms with E-state index >= 15 is 0 Å². The van der Waals surface area contributed by atoms with Crippen molar-refractivity contribution >= 4 is 11.9 Å². The van der Waals surface area contributed by atoms with E-state index in [4.69, 9.17) is 9.84 Å². The molecular formula is C28H28FNO4. The normalized spacial score (nSPS) is 17.7. The second-order valence-electron chi connectivity index (χ2n) is 8.70. The van der Waals surface area contributed by atoms with Gasteiger partial charge in [0.2, 0.25) is 5.91 Å². The number of ether oxygens (including phenoxy) is 1. The molecule has 0 bridgehead atoms. The van der Waals surface area contributed by atoms with Crippen LogP contribution in [0.1, 0.15) is 47.2 Å². The standard InChI is InChI=1S/C28H28FNO4/c29-25-8-4-5-9-26(25)34-24-16-14-22(15-17-24)27(31)30(18-20-6-2-1-3-7-20)19-21-10-12-23(13-11-21)28(32)33/h1-13,22,24H,14-19H2,(H,32,33). The Morgan fingerprint density at radius 3 is 2.03 bits per heavy atom. The van der Waals surface area contributed by atoms with Gasteiger partial charge < -0.3 is 14.7 Å². The molecule has 1 aliphatic carbocycles. The number of halogens is 1. The van der Waals surface area contributed by atoms with Gasteiger partial charge in [0.25, 0.3) is 0 Å². The molecule has 0 radical (unpaired) electrons. The van der Waals surface area contributed by atoms with E-state index in [0.29, 0.717) is 38.8 Å². The first kappa shape index (κ1) is 23.5. The van der Waals surface area contributed by atoms with E-state index in [1.54, 1.807) is 42.5 Å². The Balaban J connectivity index is 1.42. The zero-order valence-corrected chi connectivity index (χ0v) is 18.9. The molecule has 1 amide bonds. The van der Waals surface area contributed by atoms with Crippen molar-refractivity contribution in [2.45, 2.75) is 44.9 Å². The minimum atomic E-state index is -0.974. The number of nitrogens with zero attached hydrogens (tertiary/aromatic N) is 1. The fourth-order valence-electron chi connectivity index (χ4n) is 4.39. The molecule has 3 aromatic carbocycles. The number of para-hydroxylation sites is 1. The minimum Gasteiger partial charge on any atom is -0.487 e. The maximum Gasteiger partial charge on any atom is 0.335 e. The van der Waals surface area contributed by atoms with Gasteiger partial charge >= 0.3 is 5.97 Å². The van der Waals surface area contributed by atoms with Gasteiger partial charge in [0.05, 0.1) is 11.7 Å². The van der Waals surface area contributed by atoms with Crippen LogP contribution >= 0.6 is 0 Å². The maximum absolute atomic E-state index is 13.9. The van der Waals surface area contributed by atoms with Crippen molar-refractivity contribution in [2.24, 2.45) is 5.92 Å². The fourth-order valence-corrected chi connectivity index (χ4v) is 4.39. The van der Waals surface area contributed by atoms with Crippen molar-refractivity contribution in [3.05, 3.63) is 101 Å². The highest BCUT2D eigenvalue weighted by Gasteiger charge is 2.31. The molecule has 0 heterocycles. The molecule has 1 fully saturated rings. The van der Waals surface area contributed by atoms with Crippen LogP contribution in [0.15, 0.2) is 78.9 Å². The lowest BCUT2D eigenvalue weighted by atomic mass is 9.86. The van der Waals surface area contributed by atoms with Crippen molar-refractivity contribution in [2.75, 3.05) is 0 Å². The van der Waals surface area contributed by atoms with Crippen LogP contribution < -0.4 is 4.74 Å². The van der Waals surface area contributed by atoms with E-state index in [9.17, 15) is 14.0 Å². The van der Waals surface area contributed by atoms with Crippen molar-refractivity contribution < 1.29 is 23.8 Å². The first-order chi connectivity index (χ1) is 16.5. The summed E-state index contributed by atoms with van der Waals surface area (Å²) in [4.78, 5) is 26.5. The zero-order valence-electron chi connectivity index (χ0n) is 18.9. The minimum absolute atomic E-state index is 0.0792. The monoisotopic (exact) mass is 461 g/mol. The van der Waals surface area contributed by atoms with Crippen LogP contribution in [-0.2, 0) is 17.9 Å². The van der Waals surface area contributed by atoms with Crippen LogP contribution in [0.4, 0.5) is 4.39 Å². The number of rotatable bonds is 8. The molecule has 4 rings (SSSR count). The third kappa shape index (κ3) is 6.01. The van der Waals surface area contributed by atoms with E-state index in [1.165, 1.54) is 6.07 Å². The molecule has 34 heavy (non-hydrogen) atoms. The fraction of sp³-hybridized carbons (Fsp3) is 0.286. The van der Waals surface area contributed by atoms with Crippen LogP contribution in [0, 0.1) is 11.7 Å². The number of carboxylic acid groups (broad SMARTS) is 1. The van der Waals surface area contributed by atoms with Crippen molar-refractivity contribution in [3.63, 3.8) is 0 Å². The van der Waals surface area contributed by atoms with Gasteiger partial charge in [-0.05, 0) is 61.1 Å². The predicted octanol–water partition coefficient (Wildman–Crippen LogP) is 5.69. The molecule has 176 valence electrons. The van der Waals surface area contributed by atoms with Crippen molar-refractivity contribution in [1.82, 2.24) is 4.90 Å². The summed E-state index contributed by atoms with van der Waals surface area (Å²) in [7, 11) is 0. The molecule has 5 nitrogen and oxygen atoms in total. The van der Waals surface area contributed by atoms with Gasteiger partial charge in [-0.15, -0.1) is 0 Å². The maximum atomic E-state index is 13.9. The molecular weight excluding hydrogens is 433 g/mol. The summed E-state index contributed by atoms with van der Waals surface area (Å²) in [6, 6.07) is 22.9. The number of hydrogen-bond donors (Lipinski definition) is 1. The second kappa shape index (κ2) is 11.0. The molecule has 0 aliphatic heterocycles. The van der Waals surface area contributed by atoms with E-state index in [1.807, 2.05) is 35.2 Å². The van der Waals surface area contributed by atoms with E-state index in [-0.39, 0.29) is 35.1 Å². The SMILES string of the molecule is O=C(O)c1ccc(CN(Cc2ccccc2)C(=O)C2CCC(Oc3ccccc3F)CC2)cc1. The van der Waals surface area contributed by atoms with Crippen molar-refractivity contribution in [1.29, 1.82) is 0 Å². The molecule has 0 unspecified atom stereocenters. The van der Waals surface area contributed by atoms with Gasteiger partial charge in [-0.25, -0.2) is 9.18 Å². The lowest BCUT2D eigenvalue weighted by molar-refractivity contribution is -0.138. The highest BCUT2D eigenvalue weighted by Crippen LogP contribution is 2.30. The number of amides is 1. The van der Waals surface area contributed by atoms with Crippen LogP contribution in [0.25, 0.3) is 0 Å². The number of carboxylic acids is 1. The number of aromatic carboxylic acids is 1. The molecule has 0 saturated heterocycles. The quantitative estimate of drug-likeness (QED) is 0.468. The highest BCUT2D eigenvalue weighted by atomic mass is 19.1. The third-order valence-corrected chi connectivity index (χ3v) is 6.26. The molecule has 3 aromatic rings. The highest BCUT2D eigenvalue weighted by molar-refractivity contribution is 5.87. The van der Waals surface area contributed by atoms with Crippen LogP contribution in [0.3, 0.4) is 0 Å². The number of benzene rings is 3. The van der Waals surface area contributed by atoms with Gasteiger partial charge in [0.1, 0.15) is 0 Å². The summed E-state index contributed by atoms with van der Waals surface area (Å²) >= 11 is 0. The number of hydrogen-bond acceptors (Lipinski definition) is 3. The first-order valence-electron chi connectivity index (χ1n) is 11.6. The Kier molecular flexibility index (Phi) is 7.58. The topological polar surface area (TPSA) is 66.8 Å². The summed E-state index contributed by atoms with van der Waals surface area (Å²) in [6.45, 7) is 0.880. The molecule has 6 heteroatoms. The van der Waals surface area contributed by atoms with E-state index in [0.717, 1.165) is 11.1 Å². The number of carbonyl (C=O) groups is 2.